The summed E-state index contributed by atoms with van der Waals surface area (Å²) >= 11 is 0. The molecule has 1 rings (SSSR count). The molecule has 0 bridgehead atoms. The Kier molecular flexibility index (Phi) is 13.2. The molecule has 0 amide bonds. The highest BCUT2D eigenvalue weighted by molar-refractivity contribution is 4.99. The fourth-order valence-corrected chi connectivity index (χ4v) is 0.385. The molecule has 0 aliphatic rings. The van der Waals surface area contributed by atoms with Gasteiger partial charge in [0.2, 0.25) is 0 Å². The van der Waals surface area contributed by atoms with Crippen molar-refractivity contribution in [1.82, 2.24) is 0 Å². The fourth-order valence-electron chi connectivity index (χ4n) is 0.385. The maximum atomic E-state index is 3.75. The highest BCUT2D eigenvalue weighted by atomic mass is 13.9. The van der Waals surface area contributed by atoms with E-state index in [0.29, 0.717) is 5.92 Å². The molecule has 0 radical (unpaired) electrons. The molecule has 0 saturated carbocycles. The van der Waals surface area contributed by atoms with Gasteiger partial charge in [-0.25, -0.2) is 0 Å². The Morgan fingerprint density at radius 2 is 1.00 bits per heavy atom. The molecule has 0 spiro atoms. The third kappa shape index (κ3) is 13.5. The summed E-state index contributed by atoms with van der Waals surface area (Å²) in [6.45, 7) is 14.1. The number of hydrogen-bond acceptors (Lipinski definition) is 0. The summed E-state index contributed by atoms with van der Waals surface area (Å²) < 4.78 is 0. The normalized spacial score (nSPS) is 7.86. The molecule has 0 aromatic heterocycles. The Hall–Kier alpha value is -1.04. The molecule has 14 heavy (non-hydrogen) atoms. The quantitative estimate of drug-likeness (QED) is 0.553. The number of benzene rings is 1. The minimum Gasteiger partial charge on any atom is -0.0999 e. The van der Waals surface area contributed by atoms with Crippen LogP contribution in [0.4, 0.5) is 0 Å². The van der Waals surface area contributed by atoms with E-state index in [1.807, 2.05) is 57.2 Å². The van der Waals surface area contributed by atoms with Gasteiger partial charge in [-0.2, -0.15) is 0 Å². The average molecular weight is 192 g/mol. The van der Waals surface area contributed by atoms with Crippen molar-refractivity contribution in [2.24, 2.45) is 5.92 Å². The van der Waals surface area contributed by atoms with Gasteiger partial charge in [-0.05, 0) is 12.8 Å². The average Bonchev–Trinajstić information content (AvgIpc) is 2.24. The first-order chi connectivity index (χ1) is 6.64. The van der Waals surface area contributed by atoms with Crippen LogP contribution in [-0.4, -0.2) is 0 Å². The Morgan fingerprint density at radius 3 is 1.07 bits per heavy atom. The van der Waals surface area contributed by atoms with Gasteiger partial charge in [-0.3, -0.25) is 0 Å². The molecule has 0 aliphatic carbocycles. The van der Waals surface area contributed by atoms with Crippen molar-refractivity contribution in [3.63, 3.8) is 0 Å². The van der Waals surface area contributed by atoms with E-state index in [0.717, 1.165) is 0 Å². The van der Waals surface area contributed by atoms with E-state index in [1.54, 1.807) is 0 Å². The topological polar surface area (TPSA) is 0 Å². The minimum absolute atomic E-state index is 0.657. The van der Waals surface area contributed by atoms with E-state index in [1.165, 1.54) is 5.57 Å². The molecule has 0 atom stereocenters. The third-order valence-electron chi connectivity index (χ3n) is 1.65. The number of allylic oxidation sites excluding steroid dienone is 1. The Labute approximate surface area is 89.7 Å². The van der Waals surface area contributed by atoms with Crippen molar-refractivity contribution < 1.29 is 0 Å². The molecule has 1 aromatic carbocycles. The van der Waals surface area contributed by atoms with Crippen LogP contribution < -0.4 is 0 Å². The predicted octanol–water partition coefficient (Wildman–Crippen LogP) is 4.93. The Bertz CT molecular complexity index is 170. The van der Waals surface area contributed by atoms with Gasteiger partial charge < -0.3 is 0 Å². The summed E-state index contributed by atoms with van der Waals surface area (Å²) in [5.74, 6) is 0.657. The lowest BCUT2D eigenvalue weighted by Gasteiger charge is -1.97. The van der Waals surface area contributed by atoms with Crippen molar-refractivity contribution >= 4 is 0 Å². The van der Waals surface area contributed by atoms with Crippen molar-refractivity contribution in [3.05, 3.63) is 48.6 Å². The molecule has 0 nitrogen and oxygen atoms in total. The van der Waals surface area contributed by atoms with Crippen LogP contribution in [0.3, 0.4) is 0 Å². The van der Waals surface area contributed by atoms with Crippen LogP contribution in [0.5, 0.6) is 0 Å². The highest BCUT2D eigenvalue weighted by Crippen LogP contribution is 2.02. The van der Waals surface area contributed by atoms with Crippen LogP contribution in [0.25, 0.3) is 0 Å². The number of hydrogen-bond donors (Lipinski definition) is 0. The zero-order valence-electron chi connectivity index (χ0n) is 10.2. The van der Waals surface area contributed by atoms with E-state index < -0.39 is 0 Å². The largest absolute Gasteiger partial charge is 0.0999 e. The van der Waals surface area contributed by atoms with Gasteiger partial charge >= 0.3 is 0 Å². The lowest BCUT2D eigenvalue weighted by atomic mass is 10.1. The second-order valence-corrected chi connectivity index (χ2v) is 3.16. The summed E-state index contributed by atoms with van der Waals surface area (Å²) in [6.07, 6.45) is 0. The maximum absolute atomic E-state index is 3.75. The van der Waals surface area contributed by atoms with Crippen LogP contribution in [-0.2, 0) is 0 Å². The predicted molar refractivity (Wildman–Crippen MR) is 67.4 cm³/mol. The molecular formula is C14H24. The standard InChI is InChI=1S/C6H6.C6H12.C2H6/c1-2-4-6-5-3-1;1-5(2)6(3)4;1-2/h1-6H;6H,1H2,2-4H3;1-2H3. The van der Waals surface area contributed by atoms with Gasteiger partial charge in [0.15, 0.2) is 0 Å². The molecule has 0 heteroatoms. The van der Waals surface area contributed by atoms with Crippen molar-refractivity contribution in [3.8, 4) is 0 Å². The van der Waals surface area contributed by atoms with E-state index in [2.05, 4.69) is 20.4 Å². The van der Waals surface area contributed by atoms with E-state index in [9.17, 15) is 0 Å². The number of rotatable bonds is 1. The first-order valence-corrected chi connectivity index (χ1v) is 5.30. The first kappa shape index (κ1) is 15.4. The van der Waals surface area contributed by atoms with E-state index >= 15 is 0 Å². The van der Waals surface area contributed by atoms with E-state index in [-0.39, 0.29) is 0 Å². The highest BCUT2D eigenvalue weighted by Gasteiger charge is 1.87. The summed E-state index contributed by atoms with van der Waals surface area (Å²) in [6, 6.07) is 12.0. The molecule has 0 fully saturated rings. The molecule has 0 N–H and O–H groups in total. The van der Waals surface area contributed by atoms with Gasteiger partial charge in [0, 0.05) is 0 Å². The fraction of sp³-hybridized carbons (Fsp3) is 0.429. The summed E-state index contributed by atoms with van der Waals surface area (Å²) in [4.78, 5) is 0. The summed E-state index contributed by atoms with van der Waals surface area (Å²) in [7, 11) is 0. The van der Waals surface area contributed by atoms with Gasteiger partial charge in [0.1, 0.15) is 0 Å². The second-order valence-electron chi connectivity index (χ2n) is 3.16. The molecular weight excluding hydrogens is 168 g/mol. The third-order valence-corrected chi connectivity index (χ3v) is 1.65. The molecule has 1 aromatic rings. The SMILES string of the molecule is C=C(C)C(C)C.CC.c1ccccc1. The molecule has 0 heterocycles. The van der Waals surface area contributed by atoms with Crippen molar-refractivity contribution in [1.29, 1.82) is 0 Å². The lowest BCUT2D eigenvalue weighted by Crippen LogP contribution is -1.83. The van der Waals surface area contributed by atoms with Crippen LogP contribution >= 0.6 is 0 Å². The van der Waals surface area contributed by atoms with Crippen LogP contribution in [0.2, 0.25) is 0 Å². The first-order valence-electron chi connectivity index (χ1n) is 5.30. The van der Waals surface area contributed by atoms with Crippen LogP contribution in [0.15, 0.2) is 48.6 Å². The Balaban J connectivity index is 0. The molecule has 0 aliphatic heterocycles. The maximum Gasteiger partial charge on any atom is -0.0266 e. The Morgan fingerprint density at radius 1 is 0.857 bits per heavy atom. The minimum atomic E-state index is 0.657. The summed E-state index contributed by atoms with van der Waals surface area (Å²) in [5, 5.41) is 0. The second kappa shape index (κ2) is 12.0. The van der Waals surface area contributed by atoms with Crippen LogP contribution in [0.1, 0.15) is 34.6 Å². The van der Waals surface area contributed by atoms with Gasteiger partial charge in [-0.15, -0.1) is 0 Å². The van der Waals surface area contributed by atoms with Crippen molar-refractivity contribution in [2.45, 2.75) is 34.6 Å². The zero-order valence-corrected chi connectivity index (χ0v) is 10.2. The lowest BCUT2D eigenvalue weighted by molar-refractivity contribution is 0.773. The zero-order chi connectivity index (χ0) is 11.4. The van der Waals surface area contributed by atoms with Gasteiger partial charge in [0.05, 0.1) is 0 Å². The molecule has 80 valence electrons. The van der Waals surface area contributed by atoms with Crippen molar-refractivity contribution in [2.75, 3.05) is 0 Å². The van der Waals surface area contributed by atoms with E-state index in [4.69, 9.17) is 0 Å². The monoisotopic (exact) mass is 192 g/mol. The molecule has 0 saturated heterocycles. The van der Waals surface area contributed by atoms with Crippen LogP contribution in [0, 0.1) is 5.92 Å². The van der Waals surface area contributed by atoms with Gasteiger partial charge in [0.25, 0.3) is 0 Å². The smallest absolute Gasteiger partial charge is 0.0266 e. The molecule has 0 unspecified atom stereocenters. The van der Waals surface area contributed by atoms with Gasteiger partial charge in [-0.1, -0.05) is 76.2 Å². The summed E-state index contributed by atoms with van der Waals surface area (Å²) in [5.41, 5.74) is 1.26.